The predicted molar refractivity (Wildman–Crippen MR) is 98.5 cm³/mol. The molecule has 3 N–H and O–H groups in total. The zero-order chi connectivity index (χ0) is 17.5. The normalized spacial score (nSPS) is 10.4. The van der Waals surface area contributed by atoms with E-state index < -0.39 is 0 Å². The second kappa shape index (κ2) is 8.25. The fourth-order valence-electron chi connectivity index (χ4n) is 2.35. The number of aromatic amines is 1. The Bertz CT molecular complexity index is 829. The summed E-state index contributed by atoms with van der Waals surface area (Å²) in [6, 6.07) is 11.2. The Balaban J connectivity index is 1.43. The first-order chi connectivity index (χ1) is 12.2. The topological polar surface area (TPSA) is 86.9 Å². The number of H-pyrrole nitrogens is 1. The van der Waals surface area contributed by atoms with Gasteiger partial charge in [-0.3, -0.25) is 14.7 Å². The van der Waals surface area contributed by atoms with Crippen molar-refractivity contribution < 1.29 is 9.59 Å². The van der Waals surface area contributed by atoms with Gasteiger partial charge in [-0.25, -0.2) is 0 Å². The number of thiophene rings is 1. The van der Waals surface area contributed by atoms with E-state index in [0.717, 1.165) is 16.9 Å². The lowest BCUT2D eigenvalue weighted by Gasteiger charge is -2.07. The summed E-state index contributed by atoms with van der Waals surface area (Å²) in [5, 5.41) is 16.2. The SMILES string of the molecule is O=C(CCCNC(=O)c1ccsc1)Nc1cccc(-c2ccn[nH]2)c1. The molecule has 0 aliphatic heterocycles. The van der Waals surface area contributed by atoms with Crippen molar-refractivity contribution in [3.05, 3.63) is 58.9 Å². The molecule has 2 aromatic heterocycles. The molecule has 0 atom stereocenters. The number of amides is 2. The second-order valence-electron chi connectivity index (χ2n) is 5.47. The number of carbonyl (C=O) groups excluding carboxylic acids is 2. The molecule has 2 heterocycles. The number of carbonyl (C=O) groups is 2. The molecule has 0 fully saturated rings. The summed E-state index contributed by atoms with van der Waals surface area (Å²) in [6.07, 6.45) is 2.62. The third kappa shape index (κ3) is 4.77. The monoisotopic (exact) mass is 354 g/mol. The summed E-state index contributed by atoms with van der Waals surface area (Å²) in [7, 11) is 0. The van der Waals surface area contributed by atoms with Gasteiger partial charge in [0.15, 0.2) is 0 Å². The summed E-state index contributed by atoms with van der Waals surface area (Å²) in [4.78, 5) is 23.8. The number of hydrogen-bond donors (Lipinski definition) is 3. The van der Waals surface area contributed by atoms with Gasteiger partial charge in [-0.15, -0.1) is 0 Å². The predicted octanol–water partition coefficient (Wildman–Crippen LogP) is 3.29. The number of nitrogens with zero attached hydrogens (tertiary/aromatic N) is 1. The van der Waals surface area contributed by atoms with Crippen LogP contribution in [0.3, 0.4) is 0 Å². The van der Waals surface area contributed by atoms with Crippen LogP contribution >= 0.6 is 11.3 Å². The second-order valence-corrected chi connectivity index (χ2v) is 6.25. The average Bonchev–Trinajstić information content (AvgIpc) is 3.32. The molecule has 0 bridgehead atoms. The molecule has 0 unspecified atom stereocenters. The number of nitrogens with one attached hydrogen (secondary N) is 3. The molecule has 3 aromatic rings. The standard InChI is InChI=1S/C18H18N4O2S/c23-17(5-2-8-19-18(24)14-7-10-25-12-14)21-15-4-1-3-13(11-15)16-6-9-20-22-16/h1,3-4,6-7,9-12H,2,5,8H2,(H,19,24)(H,20,22)(H,21,23). The number of benzene rings is 1. The zero-order valence-electron chi connectivity index (χ0n) is 13.5. The maximum Gasteiger partial charge on any atom is 0.252 e. The van der Waals surface area contributed by atoms with Crippen molar-refractivity contribution in [2.45, 2.75) is 12.8 Å². The molecule has 3 rings (SSSR count). The number of aromatic nitrogens is 2. The summed E-state index contributed by atoms with van der Waals surface area (Å²) in [5.74, 6) is -0.180. The quantitative estimate of drug-likeness (QED) is 0.569. The lowest BCUT2D eigenvalue weighted by Crippen LogP contribution is -2.25. The maximum atomic E-state index is 12.0. The van der Waals surface area contributed by atoms with Crippen molar-refractivity contribution >= 4 is 28.8 Å². The number of hydrogen-bond acceptors (Lipinski definition) is 4. The van der Waals surface area contributed by atoms with Crippen LogP contribution in [0.2, 0.25) is 0 Å². The number of anilines is 1. The van der Waals surface area contributed by atoms with E-state index >= 15 is 0 Å². The van der Waals surface area contributed by atoms with Crippen LogP contribution in [0.1, 0.15) is 23.2 Å². The van der Waals surface area contributed by atoms with E-state index in [2.05, 4.69) is 20.8 Å². The van der Waals surface area contributed by atoms with E-state index in [-0.39, 0.29) is 11.8 Å². The van der Waals surface area contributed by atoms with Gasteiger partial charge in [0.05, 0.1) is 5.69 Å². The van der Waals surface area contributed by atoms with E-state index in [4.69, 9.17) is 0 Å². The highest BCUT2D eigenvalue weighted by Crippen LogP contribution is 2.20. The molecular formula is C18H18N4O2S. The Labute approximate surface area is 149 Å². The molecular weight excluding hydrogens is 336 g/mol. The fraction of sp³-hybridized carbons (Fsp3) is 0.167. The van der Waals surface area contributed by atoms with Gasteiger partial charge in [-0.2, -0.15) is 16.4 Å². The average molecular weight is 354 g/mol. The number of rotatable bonds is 7. The molecule has 128 valence electrons. The minimum absolute atomic E-state index is 0.0773. The van der Waals surface area contributed by atoms with Crippen molar-refractivity contribution in [1.29, 1.82) is 0 Å². The minimum atomic E-state index is -0.103. The lowest BCUT2D eigenvalue weighted by atomic mass is 10.1. The molecule has 0 saturated heterocycles. The highest BCUT2D eigenvalue weighted by atomic mass is 32.1. The first-order valence-corrected chi connectivity index (χ1v) is 8.87. The fourth-order valence-corrected chi connectivity index (χ4v) is 2.99. The van der Waals surface area contributed by atoms with Gasteiger partial charge in [0.2, 0.25) is 5.91 Å². The van der Waals surface area contributed by atoms with E-state index in [1.54, 1.807) is 17.6 Å². The summed E-state index contributed by atoms with van der Waals surface area (Å²) >= 11 is 1.48. The van der Waals surface area contributed by atoms with Crippen molar-refractivity contribution in [2.24, 2.45) is 0 Å². The van der Waals surface area contributed by atoms with Crippen molar-refractivity contribution in [1.82, 2.24) is 15.5 Å². The molecule has 2 amide bonds. The highest BCUT2D eigenvalue weighted by Gasteiger charge is 2.07. The van der Waals surface area contributed by atoms with Crippen LogP contribution in [-0.4, -0.2) is 28.6 Å². The van der Waals surface area contributed by atoms with Crippen LogP contribution in [0.5, 0.6) is 0 Å². The molecule has 7 heteroatoms. The van der Waals surface area contributed by atoms with Gasteiger partial charge in [0.25, 0.3) is 5.91 Å². The Morgan fingerprint density at radius 2 is 2.12 bits per heavy atom. The smallest absolute Gasteiger partial charge is 0.252 e. The van der Waals surface area contributed by atoms with E-state index in [9.17, 15) is 9.59 Å². The Hall–Kier alpha value is -2.93. The van der Waals surface area contributed by atoms with Gasteiger partial charge in [0.1, 0.15) is 0 Å². The molecule has 0 aliphatic rings. The largest absolute Gasteiger partial charge is 0.352 e. The van der Waals surface area contributed by atoms with Gasteiger partial charge in [0, 0.05) is 41.4 Å². The Morgan fingerprint density at radius 3 is 2.88 bits per heavy atom. The van der Waals surface area contributed by atoms with Crippen molar-refractivity contribution in [3.63, 3.8) is 0 Å². The van der Waals surface area contributed by atoms with E-state index in [0.29, 0.717) is 24.9 Å². The van der Waals surface area contributed by atoms with Crippen LogP contribution in [0.25, 0.3) is 11.3 Å². The highest BCUT2D eigenvalue weighted by molar-refractivity contribution is 7.08. The van der Waals surface area contributed by atoms with E-state index in [1.165, 1.54) is 11.3 Å². The molecule has 1 aromatic carbocycles. The molecule has 0 aliphatic carbocycles. The molecule has 0 radical (unpaired) electrons. The van der Waals surface area contributed by atoms with Crippen molar-refractivity contribution in [2.75, 3.05) is 11.9 Å². The van der Waals surface area contributed by atoms with Crippen molar-refractivity contribution in [3.8, 4) is 11.3 Å². The van der Waals surface area contributed by atoms with Gasteiger partial charge >= 0.3 is 0 Å². The zero-order valence-corrected chi connectivity index (χ0v) is 14.3. The summed E-state index contributed by atoms with van der Waals surface area (Å²) in [6.45, 7) is 0.469. The van der Waals surface area contributed by atoms with Crippen LogP contribution in [0.15, 0.2) is 53.4 Å². The lowest BCUT2D eigenvalue weighted by molar-refractivity contribution is -0.116. The van der Waals surface area contributed by atoms with E-state index in [1.807, 2.05) is 35.7 Å². The Morgan fingerprint density at radius 1 is 1.20 bits per heavy atom. The first-order valence-electron chi connectivity index (χ1n) is 7.92. The molecule has 6 nitrogen and oxygen atoms in total. The Kier molecular flexibility index (Phi) is 5.58. The minimum Gasteiger partial charge on any atom is -0.352 e. The molecule has 25 heavy (non-hydrogen) atoms. The third-order valence-corrected chi connectivity index (χ3v) is 4.29. The van der Waals surface area contributed by atoms with Crippen LogP contribution in [0.4, 0.5) is 5.69 Å². The molecule has 0 spiro atoms. The van der Waals surface area contributed by atoms with Crippen LogP contribution in [0, 0.1) is 0 Å². The van der Waals surface area contributed by atoms with Crippen LogP contribution < -0.4 is 10.6 Å². The molecule has 0 saturated carbocycles. The maximum absolute atomic E-state index is 12.0. The third-order valence-electron chi connectivity index (χ3n) is 3.61. The van der Waals surface area contributed by atoms with Gasteiger partial charge < -0.3 is 10.6 Å². The van der Waals surface area contributed by atoms with Gasteiger partial charge in [-0.05, 0) is 36.1 Å². The summed E-state index contributed by atoms with van der Waals surface area (Å²) in [5.41, 5.74) is 3.25. The van der Waals surface area contributed by atoms with Crippen LogP contribution in [-0.2, 0) is 4.79 Å². The first kappa shape index (κ1) is 16.9. The summed E-state index contributed by atoms with van der Waals surface area (Å²) < 4.78 is 0. The van der Waals surface area contributed by atoms with Gasteiger partial charge in [-0.1, -0.05) is 12.1 Å².